The summed E-state index contributed by atoms with van der Waals surface area (Å²) in [4.78, 5) is 25.3. The molecule has 3 unspecified atom stereocenters. The van der Waals surface area contributed by atoms with Crippen LogP contribution in [0.4, 0.5) is 0 Å². The van der Waals surface area contributed by atoms with Crippen molar-refractivity contribution >= 4 is 11.8 Å². The Morgan fingerprint density at radius 2 is 1.95 bits per heavy atom. The number of likely N-dealkylation sites (tertiary alicyclic amines) is 1. The molecule has 1 saturated carbocycles. The highest BCUT2D eigenvalue weighted by Crippen LogP contribution is 2.39. The van der Waals surface area contributed by atoms with Crippen LogP contribution in [0.3, 0.4) is 0 Å². The Labute approximate surface area is 120 Å². The second kappa shape index (κ2) is 5.44. The number of nitrogens with zero attached hydrogens (tertiary/aromatic N) is 1. The maximum atomic E-state index is 12.0. The number of carbonyl (C=O) groups excluding carboxylic acids is 2. The number of rotatable bonds is 0. The molecule has 0 aromatic carbocycles. The maximum absolute atomic E-state index is 12.0. The molecule has 3 atom stereocenters. The van der Waals surface area contributed by atoms with Crippen LogP contribution in [-0.4, -0.2) is 23.8 Å². The van der Waals surface area contributed by atoms with Crippen molar-refractivity contribution in [2.24, 2.45) is 17.8 Å². The summed E-state index contributed by atoms with van der Waals surface area (Å²) in [6, 6.07) is 0. The van der Waals surface area contributed by atoms with Gasteiger partial charge in [0, 0.05) is 13.0 Å². The number of imide groups is 1. The van der Waals surface area contributed by atoms with E-state index in [0.717, 1.165) is 32.1 Å². The van der Waals surface area contributed by atoms with Crippen LogP contribution in [0.15, 0.2) is 11.6 Å². The minimum atomic E-state index is -0.110. The van der Waals surface area contributed by atoms with Crippen molar-refractivity contribution in [3.8, 4) is 11.8 Å². The van der Waals surface area contributed by atoms with Gasteiger partial charge in [-0.3, -0.25) is 14.5 Å². The number of hydrogen-bond donors (Lipinski definition) is 0. The lowest BCUT2D eigenvalue weighted by atomic mass is 9.75. The van der Waals surface area contributed by atoms with Crippen molar-refractivity contribution < 1.29 is 9.59 Å². The van der Waals surface area contributed by atoms with E-state index >= 15 is 0 Å². The smallest absolute Gasteiger partial charge is 0.232 e. The van der Waals surface area contributed by atoms with Gasteiger partial charge in [-0.25, -0.2) is 0 Å². The molecule has 106 valence electrons. The molecule has 3 heteroatoms. The van der Waals surface area contributed by atoms with Gasteiger partial charge in [-0.15, -0.1) is 0 Å². The number of fused-ring (bicyclic) bond motifs is 1. The van der Waals surface area contributed by atoms with Crippen LogP contribution in [0.5, 0.6) is 0 Å². The summed E-state index contributed by atoms with van der Waals surface area (Å²) in [5.74, 6) is 6.78. The monoisotopic (exact) mass is 271 g/mol. The first kappa shape index (κ1) is 13.4. The van der Waals surface area contributed by atoms with Crippen LogP contribution in [0.1, 0.15) is 44.9 Å². The van der Waals surface area contributed by atoms with Crippen LogP contribution >= 0.6 is 0 Å². The quantitative estimate of drug-likeness (QED) is 0.501. The molecular formula is C17H21NO2. The molecule has 0 aromatic rings. The maximum Gasteiger partial charge on any atom is 0.232 e. The van der Waals surface area contributed by atoms with E-state index in [0.29, 0.717) is 0 Å². The van der Waals surface area contributed by atoms with Gasteiger partial charge in [-0.05, 0) is 50.5 Å². The number of carbonyl (C=O) groups is 2. The Hall–Kier alpha value is -1.56. The normalized spacial score (nSPS) is 33.4. The Morgan fingerprint density at radius 1 is 1.15 bits per heavy atom. The number of hydrogen-bond acceptors (Lipinski definition) is 2. The van der Waals surface area contributed by atoms with Crippen molar-refractivity contribution in [1.82, 2.24) is 4.90 Å². The van der Waals surface area contributed by atoms with Crippen molar-refractivity contribution in [2.45, 2.75) is 44.9 Å². The summed E-state index contributed by atoms with van der Waals surface area (Å²) in [6.07, 6.45) is 9.56. The van der Waals surface area contributed by atoms with Crippen molar-refractivity contribution in [3.63, 3.8) is 0 Å². The molecule has 3 rings (SSSR count). The van der Waals surface area contributed by atoms with Gasteiger partial charge in [0.2, 0.25) is 11.8 Å². The van der Waals surface area contributed by atoms with Gasteiger partial charge in [0.15, 0.2) is 0 Å². The molecule has 3 aliphatic rings. The lowest BCUT2D eigenvalue weighted by molar-refractivity contribution is -0.138. The van der Waals surface area contributed by atoms with Crippen molar-refractivity contribution in [1.29, 1.82) is 0 Å². The third-order valence-electron chi connectivity index (χ3n) is 4.87. The number of allylic oxidation sites excluding steroid dienone is 2. The first-order chi connectivity index (χ1) is 9.66. The van der Waals surface area contributed by atoms with Crippen LogP contribution in [0.25, 0.3) is 0 Å². The van der Waals surface area contributed by atoms with Crippen LogP contribution in [0, 0.1) is 29.6 Å². The highest BCUT2D eigenvalue weighted by atomic mass is 16.2. The Morgan fingerprint density at radius 3 is 2.70 bits per heavy atom. The lowest BCUT2D eigenvalue weighted by Crippen LogP contribution is -2.26. The molecule has 2 amide bonds. The third-order valence-corrected chi connectivity index (χ3v) is 4.87. The molecule has 0 radical (unpaired) electrons. The summed E-state index contributed by atoms with van der Waals surface area (Å²) < 4.78 is 0. The van der Waals surface area contributed by atoms with E-state index in [-0.39, 0.29) is 29.6 Å². The fourth-order valence-corrected chi connectivity index (χ4v) is 3.62. The summed E-state index contributed by atoms with van der Waals surface area (Å²) >= 11 is 0. The van der Waals surface area contributed by atoms with Crippen LogP contribution < -0.4 is 0 Å². The molecule has 3 nitrogen and oxygen atoms in total. The molecule has 2 fully saturated rings. The van der Waals surface area contributed by atoms with Gasteiger partial charge >= 0.3 is 0 Å². The first-order valence-electron chi connectivity index (χ1n) is 7.69. The van der Waals surface area contributed by atoms with Gasteiger partial charge in [-0.2, -0.15) is 0 Å². The summed E-state index contributed by atoms with van der Waals surface area (Å²) in [6.45, 7) is 0. The van der Waals surface area contributed by atoms with Gasteiger partial charge in [0.05, 0.1) is 11.8 Å². The predicted molar refractivity (Wildman–Crippen MR) is 76.4 cm³/mol. The highest BCUT2D eigenvalue weighted by Gasteiger charge is 2.48. The summed E-state index contributed by atoms with van der Waals surface area (Å²) in [5, 5.41) is 0. The molecule has 20 heavy (non-hydrogen) atoms. The zero-order chi connectivity index (χ0) is 14.1. The second-order valence-electron chi connectivity index (χ2n) is 6.20. The average Bonchev–Trinajstić information content (AvgIpc) is 2.71. The molecule has 1 saturated heterocycles. The van der Waals surface area contributed by atoms with Crippen LogP contribution in [0.2, 0.25) is 0 Å². The van der Waals surface area contributed by atoms with Crippen molar-refractivity contribution in [2.75, 3.05) is 7.05 Å². The lowest BCUT2D eigenvalue weighted by Gasteiger charge is -2.25. The van der Waals surface area contributed by atoms with E-state index in [2.05, 4.69) is 17.9 Å². The fourth-order valence-electron chi connectivity index (χ4n) is 3.62. The third kappa shape index (κ3) is 2.40. The van der Waals surface area contributed by atoms with E-state index in [1.165, 1.54) is 23.3 Å². The Bertz CT molecular complexity index is 523. The minimum Gasteiger partial charge on any atom is -0.285 e. The molecule has 0 aromatic heterocycles. The Balaban J connectivity index is 1.67. The zero-order valence-electron chi connectivity index (χ0n) is 12.0. The molecule has 0 N–H and O–H groups in total. The molecular weight excluding hydrogens is 250 g/mol. The average molecular weight is 271 g/mol. The number of amides is 2. The van der Waals surface area contributed by atoms with E-state index < -0.39 is 0 Å². The zero-order valence-corrected chi connectivity index (χ0v) is 12.0. The van der Waals surface area contributed by atoms with E-state index in [1.54, 1.807) is 7.05 Å². The Kier molecular flexibility index (Phi) is 3.65. The van der Waals surface area contributed by atoms with Gasteiger partial charge in [0.1, 0.15) is 0 Å². The topological polar surface area (TPSA) is 37.4 Å². The standard InChI is InChI=1S/C17H21NO2/c1-18-16(19)14-10-9-13(11-15(14)17(18)20)8-7-12-5-3-2-4-6-12/h5,13-15H,2-4,6,9-11H2,1H3. The minimum absolute atomic E-state index is 0.00313. The van der Waals surface area contributed by atoms with Crippen molar-refractivity contribution in [3.05, 3.63) is 11.6 Å². The highest BCUT2D eigenvalue weighted by molar-refractivity contribution is 6.04. The van der Waals surface area contributed by atoms with Crippen LogP contribution in [-0.2, 0) is 9.59 Å². The largest absolute Gasteiger partial charge is 0.285 e. The SMILES string of the molecule is CN1C(=O)C2CCC(C#CC3=CCCCC3)CC2C1=O. The molecule has 0 bridgehead atoms. The second-order valence-corrected chi connectivity index (χ2v) is 6.20. The fraction of sp³-hybridized carbons (Fsp3) is 0.647. The molecule has 1 heterocycles. The van der Waals surface area contributed by atoms with E-state index in [9.17, 15) is 9.59 Å². The van der Waals surface area contributed by atoms with E-state index in [1.807, 2.05) is 0 Å². The summed E-state index contributed by atoms with van der Waals surface area (Å²) in [7, 11) is 1.61. The van der Waals surface area contributed by atoms with E-state index in [4.69, 9.17) is 0 Å². The van der Waals surface area contributed by atoms with Gasteiger partial charge < -0.3 is 0 Å². The van der Waals surface area contributed by atoms with Gasteiger partial charge in [0.25, 0.3) is 0 Å². The molecule has 2 aliphatic carbocycles. The predicted octanol–water partition coefficient (Wildman–Crippen LogP) is 2.52. The summed E-state index contributed by atoms with van der Waals surface area (Å²) in [5.41, 5.74) is 1.27. The first-order valence-corrected chi connectivity index (χ1v) is 7.69. The molecule has 0 spiro atoms. The van der Waals surface area contributed by atoms with Gasteiger partial charge in [-0.1, -0.05) is 17.9 Å². The molecule has 1 aliphatic heterocycles.